The quantitative estimate of drug-likeness (QED) is 0.202. The zero-order valence-electron chi connectivity index (χ0n) is 23.4. The first-order valence-electron chi connectivity index (χ1n) is 14.2. The highest BCUT2D eigenvalue weighted by Gasteiger charge is 2.17. The van der Waals surface area contributed by atoms with E-state index in [1.165, 1.54) is 16.3 Å². The van der Waals surface area contributed by atoms with Gasteiger partial charge in [0.2, 0.25) is 0 Å². The van der Waals surface area contributed by atoms with Crippen LogP contribution in [-0.4, -0.2) is 9.13 Å². The SMILES string of the molecule is [C-]#[N+]c1ccc2c(c1)c1cc(-c3cc(C#N)cc(-n4c5ccccc5c5ccccc54)c3)ccc1n2-c1ccccc1C. The third kappa shape index (κ3) is 3.75. The number of benzene rings is 6. The number of fused-ring (bicyclic) bond motifs is 6. The van der Waals surface area contributed by atoms with Crippen LogP contribution in [0.2, 0.25) is 0 Å². The van der Waals surface area contributed by atoms with Gasteiger partial charge in [-0.25, -0.2) is 4.85 Å². The predicted octanol–water partition coefficient (Wildman–Crippen LogP) is 10.3. The van der Waals surface area contributed by atoms with E-state index in [0.29, 0.717) is 11.3 Å². The lowest BCUT2D eigenvalue weighted by Gasteiger charge is -2.13. The summed E-state index contributed by atoms with van der Waals surface area (Å²) in [5.41, 5.74) is 10.8. The van der Waals surface area contributed by atoms with Gasteiger partial charge in [-0.15, -0.1) is 0 Å². The van der Waals surface area contributed by atoms with Crippen molar-refractivity contribution in [2.45, 2.75) is 6.92 Å². The molecule has 0 saturated heterocycles. The molecule has 43 heavy (non-hydrogen) atoms. The maximum absolute atomic E-state index is 10.1. The summed E-state index contributed by atoms with van der Waals surface area (Å²) in [5.74, 6) is 0. The van der Waals surface area contributed by atoms with E-state index in [0.717, 1.165) is 55.3 Å². The van der Waals surface area contributed by atoms with Gasteiger partial charge in [0.25, 0.3) is 0 Å². The molecule has 8 aromatic rings. The van der Waals surface area contributed by atoms with Crippen LogP contribution in [0.25, 0.3) is 71.0 Å². The van der Waals surface area contributed by atoms with Crippen molar-refractivity contribution in [3.8, 4) is 28.6 Å². The highest BCUT2D eigenvalue weighted by atomic mass is 15.0. The van der Waals surface area contributed by atoms with E-state index in [1.807, 2.05) is 30.3 Å². The molecule has 0 aliphatic rings. The molecule has 0 fully saturated rings. The largest absolute Gasteiger partial charge is 0.309 e. The number of para-hydroxylation sites is 3. The van der Waals surface area contributed by atoms with Crippen molar-refractivity contribution in [3.63, 3.8) is 0 Å². The summed E-state index contributed by atoms with van der Waals surface area (Å²) in [5, 5.41) is 14.6. The van der Waals surface area contributed by atoms with E-state index in [4.69, 9.17) is 6.57 Å². The Bertz CT molecular complexity index is 2440. The van der Waals surface area contributed by atoms with Crippen molar-refractivity contribution in [2.24, 2.45) is 0 Å². The number of hydrogen-bond acceptors (Lipinski definition) is 1. The van der Waals surface area contributed by atoms with Crippen molar-refractivity contribution < 1.29 is 0 Å². The van der Waals surface area contributed by atoms with Crippen LogP contribution in [0.5, 0.6) is 0 Å². The van der Waals surface area contributed by atoms with Crippen LogP contribution in [0.3, 0.4) is 0 Å². The molecular formula is C39H24N4. The Balaban J connectivity index is 1.40. The Labute approximate surface area is 248 Å². The average molecular weight is 549 g/mol. The van der Waals surface area contributed by atoms with E-state index in [9.17, 15) is 5.26 Å². The highest BCUT2D eigenvalue weighted by Crippen LogP contribution is 2.39. The Morgan fingerprint density at radius 2 is 1.21 bits per heavy atom. The number of aryl methyl sites for hydroxylation is 1. The minimum Gasteiger partial charge on any atom is -0.309 e. The molecule has 0 unspecified atom stereocenters. The van der Waals surface area contributed by atoms with Crippen molar-refractivity contribution in [1.29, 1.82) is 5.26 Å². The van der Waals surface area contributed by atoms with Gasteiger partial charge in [-0.2, -0.15) is 5.26 Å². The van der Waals surface area contributed by atoms with Crippen molar-refractivity contribution >= 4 is 49.3 Å². The van der Waals surface area contributed by atoms with Crippen LogP contribution in [-0.2, 0) is 0 Å². The molecular weight excluding hydrogens is 524 g/mol. The normalized spacial score (nSPS) is 11.3. The highest BCUT2D eigenvalue weighted by molar-refractivity contribution is 6.12. The Hall–Kier alpha value is -6.10. The number of nitrogens with zero attached hydrogens (tertiary/aromatic N) is 4. The van der Waals surface area contributed by atoms with Crippen LogP contribution in [0.4, 0.5) is 5.69 Å². The molecule has 200 valence electrons. The molecule has 0 amide bonds. The summed E-state index contributed by atoms with van der Waals surface area (Å²) in [6.45, 7) is 9.77. The molecule has 0 bridgehead atoms. The monoisotopic (exact) mass is 548 g/mol. The lowest BCUT2D eigenvalue weighted by Crippen LogP contribution is -1.97. The van der Waals surface area contributed by atoms with Crippen molar-refractivity contribution in [3.05, 3.63) is 150 Å². The smallest absolute Gasteiger partial charge is 0.188 e. The van der Waals surface area contributed by atoms with Crippen LogP contribution in [0.1, 0.15) is 11.1 Å². The molecule has 0 aliphatic heterocycles. The van der Waals surface area contributed by atoms with Gasteiger partial charge in [-0.1, -0.05) is 66.7 Å². The first kappa shape index (κ1) is 24.7. The van der Waals surface area contributed by atoms with E-state index in [-0.39, 0.29) is 0 Å². The molecule has 6 aromatic carbocycles. The molecule has 4 nitrogen and oxygen atoms in total. The van der Waals surface area contributed by atoms with Crippen molar-refractivity contribution in [2.75, 3.05) is 0 Å². The summed E-state index contributed by atoms with van der Waals surface area (Å²) < 4.78 is 4.53. The second kappa shape index (κ2) is 9.48. The van der Waals surface area contributed by atoms with Gasteiger partial charge in [-0.3, -0.25) is 0 Å². The summed E-state index contributed by atoms with van der Waals surface area (Å²) in [6.07, 6.45) is 0. The van der Waals surface area contributed by atoms with E-state index in [2.05, 4.69) is 124 Å². The molecule has 0 atom stereocenters. The van der Waals surface area contributed by atoms with E-state index >= 15 is 0 Å². The molecule has 0 saturated carbocycles. The van der Waals surface area contributed by atoms with Gasteiger partial charge in [0.05, 0.1) is 40.3 Å². The first-order valence-corrected chi connectivity index (χ1v) is 14.2. The summed E-state index contributed by atoms with van der Waals surface area (Å²) >= 11 is 0. The van der Waals surface area contributed by atoms with Gasteiger partial charge < -0.3 is 9.13 Å². The fourth-order valence-corrected chi connectivity index (χ4v) is 6.51. The zero-order chi connectivity index (χ0) is 29.1. The zero-order valence-corrected chi connectivity index (χ0v) is 23.4. The average Bonchev–Trinajstić information content (AvgIpc) is 3.57. The van der Waals surface area contributed by atoms with Crippen LogP contribution >= 0.6 is 0 Å². The van der Waals surface area contributed by atoms with Gasteiger partial charge in [-0.05, 0) is 89.7 Å². The lowest BCUT2D eigenvalue weighted by atomic mass is 10.00. The Morgan fingerprint density at radius 3 is 1.91 bits per heavy atom. The maximum Gasteiger partial charge on any atom is 0.188 e. The molecule has 2 heterocycles. The number of nitriles is 1. The van der Waals surface area contributed by atoms with Crippen LogP contribution < -0.4 is 0 Å². The van der Waals surface area contributed by atoms with Gasteiger partial charge in [0.1, 0.15) is 0 Å². The van der Waals surface area contributed by atoms with Gasteiger partial charge in [0.15, 0.2) is 5.69 Å². The lowest BCUT2D eigenvalue weighted by molar-refractivity contribution is 1.15. The second-order valence-corrected chi connectivity index (χ2v) is 10.9. The first-order chi connectivity index (χ1) is 21.1. The molecule has 0 N–H and O–H groups in total. The molecule has 0 aliphatic carbocycles. The molecule has 8 rings (SSSR count). The summed E-state index contributed by atoms with van der Waals surface area (Å²) in [6, 6.07) is 46.1. The Kier molecular flexibility index (Phi) is 5.44. The number of hydrogen-bond donors (Lipinski definition) is 0. The fraction of sp³-hybridized carbons (Fsp3) is 0.0256. The molecule has 0 radical (unpaired) electrons. The van der Waals surface area contributed by atoms with Crippen LogP contribution in [0, 0.1) is 24.8 Å². The van der Waals surface area contributed by atoms with Gasteiger partial charge in [0, 0.05) is 27.5 Å². The minimum atomic E-state index is 0.604. The van der Waals surface area contributed by atoms with Gasteiger partial charge >= 0.3 is 0 Å². The molecule has 2 aromatic heterocycles. The summed E-state index contributed by atoms with van der Waals surface area (Å²) in [7, 11) is 0. The van der Waals surface area contributed by atoms with Crippen molar-refractivity contribution in [1.82, 2.24) is 9.13 Å². The topological polar surface area (TPSA) is 38.0 Å². The predicted molar refractivity (Wildman–Crippen MR) is 176 cm³/mol. The summed E-state index contributed by atoms with van der Waals surface area (Å²) in [4.78, 5) is 3.72. The number of rotatable bonds is 3. The van der Waals surface area contributed by atoms with E-state index < -0.39 is 0 Å². The van der Waals surface area contributed by atoms with Crippen LogP contribution in [0.15, 0.2) is 127 Å². The fourth-order valence-electron chi connectivity index (χ4n) is 6.51. The maximum atomic E-state index is 10.1. The second-order valence-electron chi connectivity index (χ2n) is 10.9. The third-order valence-electron chi connectivity index (χ3n) is 8.45. The number of aromatic nitrogens is 2. The minimum absolute atomic E-state index is 0.604. The Morgan fingerprint density at radius 1 is 0.581 bits per heavy atom. The standard InChI is InChI=1S/C39H24N4/c1-25-9-3-6-12-35(25)43-38-17-15-27(22-33(38)34-23-29(41-2)16-18-39(34)43)28-19-26(24-40)20-30(21-28)42-36-13-7-4-10-31(36)32-11-5-8-14-37(32)42/h3-23H,1H3. The molecule has 4 heteroatoms. The molecule has 0 spiro atoms. The third-order valence-corrected chi connectivity index (χ3v) is 8.45. The van der Waals surface area contributed by atoms with E-state index in [1.54, 1.807) is 0 Å².